The minimum atomic E-state index is -0.665. The summed E-state index contributed by atoms with van der Waals surface area (Å²) in [5.41, 5.74) is -0.244. The van der Waals surface area contributed by atoms with Crippen molar-refractivity contribution in [2.24, 2.45) is 0 Å². The Hall–Kier alpha value is -3.36. The Morgan fingerprint density at radius 2 is 1.10 bits per heavy atom. The zero-order valence-electron chi connectivity index (χ0n) is 14.7. The molecule has 144 valence electrons. The molecule has 29 heavy (non-hydrogen) atoms. The Balaban J connectivity index is 1.67. The van der Waals surface area contributed by atoms with E-state index in [1.54, 1.807) is 12.1 Å². The number of ketones is 2. The molecular weight excluding hydrogens is 412 g/mol. The molecule has 2 aromatic heterocycles. The molecule has 0 bridgehead atoms. The van der Waals surface area contributed by atoms with Gasteiger partial charge in [0.1, 0.15) is 11.5 Å². The van der Waals surface area contributed by atoms with Crippen molar-refractivity contribution in [1.29, 1.82) is 0 Å². The molecule has 0 aliphatic carbocycles. The quantitative estimate of drug-likeness (QED) is 0.382. The van der Waals surface area contributed by atoms with Crippen LogP contribution in [0.4, 0.5) is 0 Å². The minimum Gasteiger partial charge on any atom is -0.508 e. The van der Waals surface area contributed by atoms with Crippen LogP contribution >= 0.6 is 22.7 Å². The van der Waals surface area contributed by atoms with Crippen molar-refractivity contribution < 1.29 is 19.8 Å². The molecule has 0 radical (unpaired) electrons. The highest BCUT2D eigenvalue weighted by Gasteiger charge is 2.20. The van der Waals surface area contributed by atoms with Crippen LogP contribution in [-0.4, -0.2) is 21.8 Å². The molecular formula is C21H12O6S2. The van der Waals surface area contributed by atoms with Gasteiger partial charge in [-0.25, -0.2) is 0 Å². The van der Waals surface area contributed by atoms with Gasteiger partial charge in [-0.2, -0.15) is 0 Å². The third-order valence-corrected chi connectivity index (χ3v) is 6.32. The Labute approximate surface area is 170 Å². The average molecular weight is 424 g/mol. The number of fused-ring (bicyclic) bond motifs is 2. The lowest BCUT2D eigenvalue weighted by molar-refractivity contribution is 0.0893. The lowest BCUT2D eigenvalue weighted by Gasteiger charge is -2.04. The van der Waals surface area contributed by atoms with E-state index in [-0.39, 0.29) is 22.6 Å². The van der Waals surface area contributed by atoms with Crippen LogP contribution in [0.5, 0.6) is 11.5 Å². The fourth-order valence-corrected chi connectivity index (χ4v) is 4.74. The number of rotatable bonds is 4. The molecule has 0 atom stereocenters. The molecule has 4 rings (SSSR count). The highest BCUT2D eigenvalue weighted by atomic mass is 32.1. The summed E-state index contributed by atoms with van der Waals surface area (Å²) in [4.78, 5) is 49.8. The van der Waals surface area contributed by atoms with E-state index < -0.39 is 27.5 Å². The van der Waals surface area contributed by atoms with E-state index in [9.17, 15) is 29.4 Å². The monoisotopic (exact) mass is 424 g/mol. The third kappa shape index (κ3) is 3.67. The van der Waals surface area contributed by atoms with E-state index >= 15 is 0 Å². The van der Waals surface area contributed by atoms with Gasteiger partial charge in [0.05, 0.1) is 17.5 Å². The number of carbonyl (C=O) groups excluding carboxylic acids is 2. The molecule has 0 saturated carbocycles. The molecule has 0 fully saturated rings. The molecule has 2 aromatic carbocycles. The number of hydrogen-bond acceptors (Lipinski definition) is 8. The van der Waals surface area contributed by atoms with Crippen LogP contribution in [0.15, 0.2) is 58.1 Å². The fourth-order valence-electron chi connectivity index (χ4n) is 2.92. The Bertz CT molecular complexity index is 1320. The second kappa shape index (κ2) is 7.23. The highest BCUT2D eigenvalue weighted by Crippen LogP contribution is 2.24. The maximum Gasteiger partial charge on any atom is 0.243 e. The molecule has 8 heteroatoms. The minimum absolute atomic E-state index is 0.0104. The van der Waals surface area contributed by atoms with Crippen molar-refractivity contribution in [3.05, 3.63) is 78.7 Å². The van der Waals surface area contributed by atoms with Crippen molar-refractivity contribution in [3.63, 3.8) is 0 Å². The number of aromatic hydroxyl groups is 2. The van der Waals surface area contributed by atoms with Crippen molar-refractivity contribution in [3.8, 4) is 11.5 Å². The van der Waals surface area contributed by atoms with Gasteiger partial charge >= 0.3 is 0 Å². The highest BCUT2D eigenvalue weighted by molar-refractivity contribution is 7.16. The van der Waals surface area contributed by atoms with Crippen LogP contribution < -0.4 is 9.48 Å². The SMILES string of the molecule is O=C(CC(=O)c1cc2ccc(O)cc2sc1=O)c1cc2ccc(O)cc2sc1=O. The standard InChI is InChI=1S/C21H12O6S2/c22-12-3-1-10-5-14(20(26)28-18(10)7-12)16(24)9-17(25)15-6-11-2-4-13(23)8-19(11)29-21(15)27/h1-8,22-23H,9H2. The summed E-state index contributed by atoms with van der Waals surface area (Å²) in [6.07, 6.45) is -0.600. The van der Waals surface area contributed by atoms with Crippen LogP contribution in [0.2, 0.25) is 0 Å². The number of hydrogen-bond donors (Lipinski definition) is 2. The predicted octanol–water partition coefficient (Wildman–Crippen LogP) is 3.70. The summed E-state index contributed by atoms with van der Waals surface area (Å²) in [5.74, 6) is -1.31. The first kappa shape index (κ1) is 19.0. The lowest BCUT2D eigenvalue weighted by atomic mass is 10.0. The van der Waals surface area contributed by atoms with Crippen molar-refractivity contribution in [2.75, 3.05) is 0 Å². The summed E-state index contributed by atoms with van der Waals surface area (Å²) in [6, 6.07) is 11.7. The molecule has 0 spiro atoms. The summed E-state index contributed by atoms with van der Waals surface area (Å²) in [7, 11) is 0. The van der Waals surface area contributed by atoms with Crippen molar-refractivity contribution in [2.45, 2.75) is 6.42 Å². The van der Waals surface area contributed by atoms with Crippen LogP contribution in [0.1, 0.15) is 27.1 Å². The smallest absolute Gasteiger partial charge is 0.243 e. The topological polar surface area (TPSA) is 109 Å². The van der Waals surface area contributed by atoms with Gasteiger partial charge < -0.3 is 10.2 Å². The molecule has 2 N–H and O–H groups in total. The number of benzene rings is 2. The normalized spacial score (nSPS) is 11.0. The molecule has 0 amide bonds. The molecule has 6 nitrogen and oxygen atoms in total. The Morgan fingerprint density at radius 3 is 1.52 bits per heavy atom. The molecule has 2 heterocycles. The largest absolute Gasteiger partial charge is 0.508 e. The number of Topliss-reactive ketones (excluding diaryl/α,β-unsaturated/α-hetero) is 2. The summed E-state index contributed by atoms with van der Waals surface area (Å²) in [5, 5.41) is 20.2. The molecule has 0 aliphatic heterocycles. The van der Waals surface area contributed by atoms with Gasteiger partial charge in [0.25, 0.3) is 0 Å². The number of phenols is 2. The first-order valence-electron chi connectivity index (χ1n) is 8.42. The summed E-state index contributed by atoms with van der Waals surface area (Å²) >= 11 is 1.62. The summed E-state index contributed by atoms with van der Waals surface area (Å²) in [6.45, 7) is 0. The maximum atomic E-state index is 12.6. The fraction of sp³-hybridized carbons (Fsp3) is 0.0476. The lowest BCUT2D eigenvalue weighted by Crippen LogP contribution is -2.19. The average Bonchev–Trinajstić information content (AvgIpc) is 2.66. The van der Waals surface area contributed by atoms with E-state index in [4.69, 9.17) is 0 Å². The van der Waals surface area contributed by atoms with Crippen molar-refractivity contribution >= 4 is 54.4 Å². The van der Waals surface area contributed by atoms with E-state index in [0.717, 1.165) is 22.7 Å². The first-order chi connectivity index (χ1) is 13.8. The van der Waals surface area contributed by atoms with Crippen LogP contribution in [0, 0.1) is 0 Å². The predicted molar refractivity (Wildman–Crippen MR) is 113 cm³/mol. The molecule has 0 unspecified atom stereocenters. The van der Waals surface area contributed by atoms with Gasteiger partial charge in [0, 0.05) is 9.40 Å². The Morgan fingerprint density at radius 1 is 0.690 bits per heavy atom. The maximum absolute atomic E-state index is 12.6. The van der Waals surface area contributed by atoms with Gasteiger partial charge in [-0.15, -0.1) is 0 Å². The molecule has 4 aromatic rings. The van der Waals surface area contributed by atoms with Gasteiger partial charge in [0.2, 0.25) is 9.48 Å². The second-order valence-corrected chi connectivity index (χ2v) is 8.39. The Kier molecular flexibility index (Phi) is 4.73. The number of phenolic OH excluding ortho intramolecular Hbond substituents is 2. The van der Waals surface area contributed by atoms with Crippen LogP contribution in [0.3, 0.4) is 0 Å². The van der Waals surface area contributed by atoms with Gasteiger partial charge in [-0.1, -0.05) is 22.7 Å². The molecule has 0 saturated heterocycles. The van der Waals surface area contributed by atoms with E-state index in [2.05, 4.69) is 0 Å². The van der Waals surface area contributed by atoms with Gasteiger partial charge in [-0.05, 0) is 59.3 Å². The zero-order chi connectivity index (χ0) is 20.7. The van der Waals surface area contributed by atoms with Crippen molar-refractivity contribution in [1.82, 2.24) is 0 Å². The first-order valence-corrected chi connectivity index (χ1v) is 10.1. The van der Waals surface area contributed by atoms with E-state index in [0.29, 0.717) is 20.2 Å². The second-order valence-electron chi connectivity index (χ2n) is 6.36. The number of carbonyl (C=O) groups is 2. The third-order valence-electron chi connectivity index (χ3n) is 4.36. The van der Waals surface area contributed by atoms with Crippen LogP contribution in [-0.2, 0) is 0 Å². The van der Waals surface area contributed by atoms with Gasteiger partial charge in [-0.3, -0.25) is 19.2 Å². The summed E-state index contributed by atoms with van der Waals surface area (Å²) < 4.78 is 0.0266. The van der Waals surface area contributed by atoms with E-state index in [1.165, 1.54) is 36.4 Å². The van der Waals surface area contributed by atoms with Crippen LogP contribution in [0.25, 0.3) is 20.2 Å². The van der Waals surface area contributed by atoms with Gasteiger partial charge in [0.15, 0.2) is 11.6 Å². The zero-order valence-corrected chi connectivity index (χ0v) is 16.3. The molecule has 0 aliphatic rings. The van der Waals surface area contributed by atoms with E-state index in [1.807, 2.05) is 0 Å².